The molecule has 0 fully saturated rings. The SMILES string of the molecule is c1ccc(-c2ccc(-c3ccc(N(c4cccc(-c5ccc6c7ccccc7c7c(ccc8oc9ccccc9c87)c6c5)c4)c4cccc5ccccc45)cc3)cc2)cc1. The van der Waals surface area contributed by atoms with E-state index < -0.39 is 0 Å². The van der Waals surface area contributed by atoms with Crippen molar-refractivity contribution in [2.75, 3.05) is 4.90 Å². The van der Waals surface area contributed by atoms with Gasteiger partial charge in [-0.3, -0.25) is 0 Å². The third-order valence-corrected chi connectivity index (χ3v) is 12.2. The molecule has 12 aromatic rings. The molecule has 2 heteroatoms. The summed E-state index contributed by atoms with van der Waals surface area (Å²) in [6.07, 6.45) is 0. The summed E-state index contributed by atoms with van der Waals surface area (Å²) in [6.45, 7) is 0. The van der Waals surface area contributed by atoms with Gasteiger partial charge in [-0.15, -0.1) is 0 Å². The Morgan fingerprint density at radius 2 is 0.800 bits per heavy atom. The zero-order chi connectivity index (χ0) is 39.6. The summed E-state index contributed by atoms with van der Waals surface area (Å²) in [6, 6.07) is 81.2. The maximum Gasteiger partial charge on any atom is 0.136 e. The zero-order valence-corrected chi connectivity index (χ0v) is 32.7. The van der Waals surface area contributed by atoms with Crippen molar-refractivity contribution in [3.05, 3.63) is 224 Å². The number of fused-ring (bicyclic) bond motifs is 11. The van der Waals surface area contributed by atoms with Crippen LogP contribution in [0.4, 0.5) is 17.1 Å². The van der Waals surface area contributed by atoms with Gasteiger partial charge >= 0.3 is 0 Å². The second kappa shape index (κ2) is 13.9. The van der Waals surface area contributed by atoms with E-state index in [0.29, 0.717) is 0 Å². The molecule has 0 saturated carbocycles. The fraction of sp³-hybridized carbons (Fsp3) is 0. The van der Waals surface area contributed by atoms with Gasteiger partial charge in [0, 0.05) is 32.9 Å². The number of furan rings is 1. The number of hydrogen-bond acceptors (Lipinski definition) is 2. The highest BCUT2D eigenvalue weighted by atomic mass is 16.3. The Bertz CT molecular complexity index is 3580. The Hall–Kier alpha value is -7.94. The van der Waals surface area contributed by atoms with Gasteiger partial charge in [0.15, 0.2) is 0 Å². The number of anilines is 3. The third kappa shape index (κ3) is 5.57. The molecule has 280 valence electrons. The highest BCUT2D eigenvalue weighted by molar-refractivity contribution is 6.34. The standard InChI is InChI=1S/C58H37NO/c1-2-12-38(13-3-1)39-24-26-40(27-25-39)41-28-31-45(32-29-41)59(54-22-11-15-42-14-4-5-18-47(42)54)46-17-10-16-43(36-46)44-30-33-49-48-19-6-7-20-50(48)57-51(53(49)37-44)34-35-56-58(57)52-21-8-9-23-55(52)60-56/h1-37H. The van der Waals surface area contributed by atoms with Gasteiger partial charge in [-0.2, -0.15) is 0 Å². The van der Waals surface area contributed by atoms with Gasteiger partial charge in [0.2, 0.25) is 0 Å². The smallest absolute Gasteiger partial charge is 0.136 e. The average Bonchev–Trinajstić information content (AvgIpc) is 3.71. The van der Waals surface area contributed by atoms with E-state index in [1.165, 1.54) is 76.3 Å². The molecule has 1 heterocycles. The van der Waals surface area contributed by atoms with Crippen molar-refractivity contribution in [2.24, 2.45) is 0 Å². The first-order valence-electron chi connectivity index (χ1n) is 20.6. The minimum Gasteiger partial charge on any atom is -0.456 e. The number of nitrogens with zero attached hydrogens (tertiary/aromatic N) is 1. The molecule has 0 atom stereocenters. The lowest BCUT2D eigenvalue weighted by molar-refractivity contribution is 0.669. The first-order valence-corrected chi connectivity index (χ1v) is 20.6. The van der Waals surface area contributed by atoms with Gasteiger partial charge in [-0.1, -0.05) is 170 Å². The molecule has 60 heavy (non-hydrogen) atoms. The molecule has 12 rings (SSSR count). The molecule has 0 bridgehead atoms. The van der Waals surface area contributed by atoms with Gasteiger partial charge in [-0.05, 0) is 120 Å². The van der Waals surface area contributed by atoms with Crippen molar-refractivity contribution in [3.63, 3.8) is 0 Å². The fourth-order valence-electron chi connectivity index (χ4n) is 9.38. The Morgan fingerprint density at radius 1 is 0.267 bits per heavy atom. The van der Waals surface area contributed by atoms with Crippen LogP contribution in [0.25, 0.3) is 98.4 Å². The van der Waals surface area contributed by atoms with Gasteiger partial charge in [-0.25, -0.2) is 0 Å². The molecule has 0 N–H and O–H groups in total. The molecule has 0 saturated heterocycles. The van der Waals surface area contributed by atoms with E-state index in [1.54, 1.807) is 0 Å². The Balaban J connectivity index is 0.998. The number of rotatable bonds is 6. The number of benzene rings is 11. The summed E-state index contributed by atoms with van der Waals surface area (Å²) in [5.74, 6) is 0. The van der Waals surface area contributed by atoms with Crippen molar-refractivity contribution < 1.29 is 4.42 Å². The second-order valence-electron chi connectivity index (χ2n) is 15.6. The maximum absolute atomic E-state index is 6.39. The molecule has 0 spiro atoms. The molecule has 0 unspecified atom stereocenters. The summed E-state index contributed by atoms with van der Waals surface area (Å²) in [5.41, 5.74) is 12.3. The van der Waals surface area contributed by atoms with E-state index in [9.17, 15) is 0 Å². The molecular weight excluding hydrogens is 727 g/mol. The van der Waals surface area contributed by atoms with Gasteiger partial charge in [0.1, 0.15) is 11.2 Å². The van der Waals surface area contributed by atoms with E-state index in [2.05, 4.69) is 223 Å². The van der Waals surface area contributed by atoms with Gasteiger partial charge in [0.05, 0.1) is 5.69 Å². The summed E-state index contributed by atoms with van der Waals surface area (Å²) >= 11 is 0. The highest BCUT2D eigenvalue weighted by Crippen LogP contribution is 2.45. The molecule has 0 aliphatic heterocycles. The minimum atomic E-state index is 0.914. The van der Waals surface area contributed by atoms with Crippen molar-refractivity contribution in [2.45, 2.75) is 0 Å². The molecule has 11 aromatic carbocycles. The lowest BCUT2D eigenvalue weighted by atomic mass is 9.90. The van der Waals surface area contributed by atoms with E-state index in [4.69, 9.17) is 4.42 Å². The monoisotopic (exact) mass is 763 g/mol. The van der Waals surface area contributed by atoms with Crippen LogP contribution in [0.5, 0.6) is 0 Å². The van der Waals surface area contributed by atoms with Crippen molar-refractivity contribution in [3.8, 4) is 33.4 Å². The largest absolute Gasteiger partial charge is 0.456 e. The first-order chi connectivity index (χ1) is 29.7. The third-order valence-electron chi connectivity index (χ3n) is 12.2. The quantitative estimate of drug-likeness (QED) is 0.157. The Kier molecular flexibility index (Phi) is 7.89. The fourth-order valence-corrected chi connectivity index (χ4v) is 9.38. The van der Waals surface area contributed by atoms with Crippen LogP contribution in [0.3, 0.4) is 0 Å². The highest BCUT2D eigenvalue weighted by Gasteiger charge is 2.19. The van der Waals surface area contributed by atoms with Crippen molar-refractivity contribution in [1.29, 1.82) is 0 Å². The number of para-hydroxylation sites is 1. The van der Waals surface area contributed by atoms with Crippen LogP contribution in [0.2, 0.25) is 0 Å². The van der Waals surface area contributed by atoms with E-state index in [-0.39, 0.29) is 0 Å². The zero-order valence-electron chi connectivity index (χ0n) is 32.7. The molecule has 0 amide bonds. The molecule has 1 aromatic heterocycles. The second-order valence-corrected chi connectivity index (χ2v) is 15.6. The van der Waals surface area contributed by atoms with Gasteiger partial charge in [0.25, 0.3) is 0 Å². The summed E-state index contributed by atoms with van der Waals surface area (Å²) in [4.78, 5) is 2.40. The van der Waals surface area contributed by atoms with Crippen LogP contribution in [0, 0.1) is 0 Å². The summed E-state index contributed by atoms with van der Waals surface area (Å²) in [5, 5.41) is 12.2. The van der Waals surface area contributed by atoms with E-state index in [0.717, 1.165) is 39.2 Å². The minimum absolute atomic E-state index is 0.914. The van der Waals surface area contributed by atoms with Crippen LogP contribution in [-0.2, 0) is 0 Å². The average molecular weight is 764 g/mol. The Morgan fingerprint density at radius 3 is 1.60 bits per heavy atom. The van der Waals surface area contributed by atoms with Crippen LogP contribution in [0.15, 0.2) is 229 Å². The molecular formula is C58H37NO. The molecule has 2 nitrogen and oxygen atoms in total. The lowest BCUT2D eigenvalue weighted by Crippen LogP contribution is -2.10. The molecule has 0 aliphatic carbocycles. The first kappa shape index (κ1) is 34.1. The maximum atomic E-state index is 6.39. The molecule has 0 aliphatic rings. The topological polar surface area (TPSA) is 16.4 Å². The lowest BCUT2D eigenvalue weighted by Gasteiger charge is -2.27. The van der Waals surface area contributed by atoms with Gasteiger partial charge < -0.3 is 9.32 Å². The summed E-state index contributed by atoms with van der Waals surface area (Å²) < 4.78 is 6.39. The number of hydrogen-bond donors (Lipinski definition) is 0. The van der Waals surface area contributed by atoms with E-state index in [1.807, 2.05) is 6.07 Å². The molecule has 0 radical (unpaired) electrons. The van der Waals surface area contributed by atoms with Crippen LogP contribution in [0.1, 0.15) is 0 Å². The van der Waals surface area contributed by atoms with Crippen molar-refractivity contribution >= 4 is 82.1 Å². The van der Waals surface area contributed by atoms with Crippen molar-refractivity contribution in [1.82, 2.24) is 0 Å². The summed E-state index contributed by atoms with van der Waals surface area (Å²) in [7, 11) is 0. The Labute approximate surface area is 347 Å². The predicted octanol–water partition coefficient (Wildman–Crippen LogP) is 16.7. The van der Waals surface area contributed by atoms with E-state index >= 15 is 0 Å². The van der Waals surface area contributed by atoms with Crippen LogP contribution < -0.4 is 4.90 Å². The van der Waals surface area contributed by atoms with Crippen LogP contribution in [-0.4, -0.2) is 0 Å². The normalized spacial score (nSPS) is 11.7. The van der Waals surface area contributed by atoms with Crippen LogP contribution >= 0.6 is 0 Å². The predicted molar refractivity (Wildman–Crippen MR) is 255 cm³/mol.